The van der Waals surface area contributed by atoms with Crippen LogP contribution in [0.3, 0.4) is 0 Å². The summed E-state index contributed by atoms with van der Waals surface area (Å²) in [5, 5.41) is 28.3. The van der Waals surface area contributed by atoms with Crippen LogP contribution in [0.1, 0.15) is 44.1 Å². The SMILES string of the molecule is Oc1ccc(C=NCC(=S)CC2CCCCC2)c(O)c1O. The first-order valence-electron chi connectivity index (χ1n) is 7.33. The maximum atomic E-state index is 9.67. The molecule has 0 unspecified atom stereocenters. The molecule has 0 saturated heterocycles. The van der Waals surface area contributed by atoms with E-state index in [0.717, 1.165) is 11.3 Å². The lowest BCUT2D eigenvalue weighted by Crippen LogP contribution is -2.12. The molecule has 2 rings (SSSR count). The Balaban J connectivity index is 1.87. The number of rotatable bonds is 5. The van der Waals surface area contributed by atoms with Crippen LogP contribution in [0.2, 0.25) is 0 Å². The number of phenolic OH excluding ortho intramolecular Hbond substituents is 3. The molecular weight excluding hydrogens is 286 g/mol. The number of hydrogen-bond acceptors (Lipinski definition) is 5. The zero-order valence-electron chi connectivity index (χ0n) is 12.0. The van der Waals surface area contributed by atoms with E-state index in [1.165, 1.54) is 50.5 Å². The number of phenols is 3. The summed E-state index contributed by atoms with van der Waals surface area (Å²) in [6.45, 7) is 0.451. The molecule has 21 heavy (non-hydrogen) atoms. The highest BCUT2D eigenvalue weighted by Gasteiger charge is 2.15. The largest absolute Gasteiger partial charge is 0.504 e. The van der Waals surface area contributed by atoms with E-state index in [2.05, 4.69) is 4.99 Å². The third-order valence-electron chi connectivity index (χ3n) is 3.90. The number of thiocarbonyl (C=S) groups is 1. The molecule has 3 N–H and O–H groups in total. The summed E-state index contributed by atoms with van der Waals surface area (Å²) in [7, 11) is 0. The van der Waals surface area contributed by atoms with E-state index in [0.29, 0.717) is 18.0 Å². The average Bonchev–Trinajstić information content (AvgIpc) is 2.48. The van der Waals surface area contributed by atoms with Crippen molar-refractivity contribution in [3.05, 3.63) is 17.7 Å². The lowest BCUT2D eigenvalue weighted by Gasteiger charge is -2.21. The molecule has 1 aromatic carbocycles. The van der Waals surface area contributed by atoms with Gasteiger partial charge in [0.25, 0.3) is 0 Å². The molecule has 4 nitrogen and oxygen atoms in total. The Morgan fingerprint density at radius 3 is 2.57 bits per heavy atom. The van der Waals surface area contributed by atoms with Crippen LogP contribution < -0.4 is 0 Å². The van der Waals surface area contributed by atoms with Crippen LogP contribution in [-0.2, 0) is 0 Å². The van der Waals surface area contributed by atoms with Gasteiger partial charge in [-0.2, -0.15) is 0 Å². The molecular formula is C16H21NO3S. The van der Waals surface area contributed by atoms with Gasteiger partial charge in [0.15, 0.2) is 11.5 Å². The van der Waals surface area contributed by atoms with Gasteiger partial charge in [-0.3, -0.25) is 4.99 Å². The molecule has 0 atom stereocenters. The molecule has 1 aliphatic rings. The minimum Gasteiger partial charge on any atom is -0.504 e. The highest BCUT2D eigenvalue weighted by Crippen LogP contribution is 2.36. The lowest BCUT2D eigenvalue weighted by molar-refractivity contribution is 0.367. The van der Waals surface area contributed by atoms with Gasteiger partial charge in [0.2, 0.25) is 5.75 Å². The van der Waals surface area contributed by atoms with Crippen molar-refractivity contribution < 1.29 is 15.3 Å². The van der Waals surface area contributed by atoms with Crippen molar-refractivity contribution in [1.29, 1.82) is 0 Å². The number of hydrogen-bond donors (Lipinski definition) is 3. The van der Waals surface area contributed by atoms with Crippen LogP contribution in [0, 0.1) is 5.92 Å². The Hall–Kier alpha value is -1.62. The third-order valence-corrected chi connectivity index (χ3v) is 4.20. The summed E-state index contributed by atoms with van der Waals surface area (Å²) >= 11 is 5.36. The minimum atomic E-state index is -0.524. The molecule has 5 heteroatoms. The van der Waals surface area contributed by atoms with Gasteiger partial charge < -0.3 is 15.3 Å². The topological polar surface area (TPSA) is 73.1 Å². The van der Waals surface area contributed by atoms with Crippen molar-refractivity contribution >= 4 is 23.3 Å². The van der Waals surface area contributed by atoms with Gasteiger partial charge >= 0.3 is 0 Å². The van der Waals surface area contributed by atoms with Crippen LogP contribution in [-0.4, -0.2) is 32.9 Å². The maximum Gasteiger partial charge on any atom is 0.200 e. The molecule has 0 amide bonds. The summed E-state index contributed by atoms with van der Waals surface area (Å²) in [4.78, 5) is 5.15. The summed E-state index contributed by atoms with van der Waals surface area (Å²) in [6, 6.07) is 2.81. The van der Waals surface area contributed by atoms with Crippen molar-refractivity contribution in [2.75, 3.05) is 6.54 Å². The second-order valence-electron chi connectivity index (χ2n) is 5.59. The monoisotopic (exact) mass is 307 g/mol. The lowest BCUT2D eigenvalue weighted by atomic mass is 9.86. The smallest absolute Gasteiger partial charge is 0.200 e. The zero-order valence-corrected chi connectivity index (χ0v) is 12.8. The summed E-state index contributed by atoms with van der Waals surface area (Å²) in [6.07, 6.45) is 8.88. The van der Waals surface area contributed by atoms with Gasteiger partial charge in [-0.05, 0) is 24.5 Å². The number of benzene rings is 1. The number of aromatic hydroxyl groups is 3. The van der Waals surface area contributed by atoms with E-state index >= 15 is 0 Å². The predicted molar refractivity (Wildman–Crippen MR) is 87.7 cm³/mol. The Morgan fingerprint density at radius 2 is 1.86 bits per heavy atom. The quantitative estimate of drug-likeness (QED) is 0.442. The van der Waals surface area contributed by atoms with E-state index in [9.17, 15) is 15.3 Å². The fourth-order valence-electron chi connectivity index (χ4n) is 2.71. The highest BCUT2D eigenvalue weighted by atomic mass is 32.1. The fourth-order valence-corrected chi connectivity index (χ4v) is 3.02. The van der Waals surface area contributed by atoms with Crippen LogP contribution in [0.5, 0.6) is 17.2 Å². The first-order valence-corrected chi connectivity index (χ1v) is 7.74. The molecule has 0 spiro atoms. The molecule has 0 bridgehead atoms. The molecule has 1 saturated carbocycles. The van der Waals surface area contributed by atoms with Gasteiger partial charge in [-0.15, -0.1) is 0 Å². The minimum absolute atomic E-state index is 0.350. The summed E-state index contributed by atoms with van der Waals surface area (Å²) in [5.74, 6) is -0.536. The molecule has 114 valence electrons. The van der Waals surface area contributed by atoms with E-state index in [1.807, 2.05) is 0 Å². The Morgan fingerprint density at radius 1 is 1.14 bits per heavy atom. The molecule has 0 heterocycles. The van der Waals surface area contributed by atoms with E-state index in [4.69, 9.17) is 12.2 Å². The molecule has 1 fully saturated rings. The van der Waals surface area contributed by atoms with Crippen molar-refractivity contribution in [1.82, 2.24) is 0 Å². The van der Waals surface area contributed by atoms with Crippen LogP contribution in [0.15, 0.2) is 17.1 Å². The molecule has 1 aliphatic carbocycles. The second kappa shape index (κ2) is 7.41. The van der Waals surface area contributed by atoms with Gasteiger partial charge in [0.05, 0.1) is 6.54 Å². The normalized spacial score (nSPS) is 16.4. The van der Waals surface area contributed by atoms with Crippen LogP contribution in [0.4, 0.5) is 0 Å². The summed E-state index contributed by atoms with van der Waals surface area (Å²) in [5.41, 5.74) is 0.366. The van der Waals surface area contributed by atoms with Crippen molar-refractivity contribution in [3.8, 4) is 17.2 Å². The van der Waals surface area contributed by atoms with E-state index in [-0.39, 0.29) is 11.5 Å². The Labute approximate surface area is 130 Å². The standard InChI is InChI=1S/C16H21NO3S/c18-14-7-6-12(15(19)16(14)20)9-17-10-13(21)8-11-4-2-1-3-5-11/h6-7,9,11,18-20H,1-5,8,10H2. The Kier molecular flexibility index (Phi) is 5.56. The van der Waals surface area contributed by atoms with Gasteiger partial charge in [0, 0.05) is 16.6 Å². The number of nitrogens with zero attached hydrogens (tertiary/aromatic N) is 1. The molecule has 1 aromatic rings. The van der Waals surface area contributed by atoms with E-state index < -0.39 is 5.75 Å². The van der Waals surface area contributed by atoms with Gasteiger partial charge in [0.1, 0.15) is 0 Å². The zero-order chi connectivity index (χ0) is 15.2. The van der Waals surface area contributed by atoms with Gasteiger partial charge in [-0.25, -0.2) is 0 Å². The number of aliphatic imine (C=N–C) groups is 1. The fraction of sp³-hybridized carbons (Fsp3) is 0.500. The summed E-state index contributed by atoms with van der Waals surface area (Å²) < 4.78 is 0. The van der Waals surface area contributed by atoms with Crippen molar-refractivity contribution in [2.45, 2.75) is 38.5 Å². The third kappa shape index (κ3) is 4.43. The molecule has 0 aliphatic heterocycles. The maximum absolute atomic E-state index is 9.67. The van der Waals surface area contributed by atoms with Crippen LogP contribution >= 0.6 is 12.2 Å². The molecule has 0 aromatic heterocycles. The molecule has 0 radical (unpaired) electrons. The first kappa shape index (κ1) is 15.8. The second-order valence-corrected chi connectivity index (χ2v) is 6.17. The van der Waals surface area contributed by atoms with E-state index in [1.54, 1.807) is 0 Å². The average molecular weight is 307 g/mol. The Bertz CT molecular complexity index is 537. The van der Waals surface area contributed by atoms with Crippen molar-refractivity contribution in [3.63, 3.8) is 0 Å². The van der Waals surface area contributed by atoms with Crippen LogP contribution in [0.25, 0.3) is 0 Å². The van der Waals surface area contributed by atoms with Crippen molar-refractivity contribution in [2.24, 2.45) is 10.9 Å². The highest BCUT2D eigenvalue weighted by molar-refractivity contribution is 7.80. The predicted octanol–water partition coefficient (Wildman–Crippen LogP) is 3.56. The van der Waals surface area contributed by atoms with Gasteiger partial charge in [-0.1, -0.05) is 44.3 Å². The first-order chi connectivity index (χ1) is 10.1.